The summed E-state index contributed by atoms with van der Waals surface area (Å²) >= 11 is 24.9. The van der Waals surface area contributed by atoms with E-state index < -0.39 is 0 Å². The fourth-order valence-corrected chi connectivity index (χ4v) is 5.40. The van der Waals surface area contributed by atoms with Crippen molar-refractivity contribution in [1.82, 2.24) is 0 Å². The molecule has 3 rings (SSSR count). The normalized spacial score (nSPS) is 13.4. The van der Waals surface area contributed by atoms with Crippen molar-refractivity contribution >= 4 is 81.6 Å². The van der Waals surface area contributed by atoms with Crippen LogP contribution in [-0.4, -0.2) is 24.8 Å². The number of ether oxygens (including phenoxy) is 1. The Labute approximate surface area is 251 Å². The first-order chi connectivity index (χ1) is 18.9. The highest BCUT2D eigenvalue weighted by Crippen LogP contribution is 2.38. The zero-order chi connectivity index (χ0) is 28.0. The number of anilines is 2. The van der Waals surface area contributed by atoms with E-state index in [0.717, 1.165) is 6.42 Å². The first-order valence-corrected chi connectivity index (χ1v) is 15.2. The van der Waals surface area contributed by atoms with Gasteiger partial charge in [-0.2, -0.15) is 10.1 Å². The summed E-state index contributed by atoms with van der Waals surface area (Å²) in [6.07, 6.45) is 15.7. The number of aliphatic imine (C=N–C) groups is 1. The van der Waals surface area contributed by atoms with Crippen LogP contribution in [0.1, 0.15) is 84.0 Å². The van der Waals surface area contributed by atoms with Gasteiger partial charge in [-0.1, -0.05) is 118 Å². The summed E-state index contributed by atoms with van der Waals surface area (Å²) in [6.45, 7) is 2.90. The molecule has 0 fully saturated rings. The Balaban J connectivity index is 1.42. The smallest absolute Gasteiger partial charge is 0.255 e. The van der Waals surface area contributed by atoms with Crippen molar-refractivity contribution in [1.29, 1.82) is 0 Å². The van der Waals surface area contributed by atoms with Crippen LogP contribution in [0.15, 0.2) is 40.4 Å². The van der Waals surface area contributed by atoms with Crippen molar-refractivity contribution in [3.63, 3.8) is 0 Å². The summed E-state index contributed by atoms with van der Waals surface area (Å²) in [5.41, 5.74) is 1.51. The molecular weight excluding hydrogens is 578 g/mol. The van der Waals surface area contributed by atoms with Crippen LogP contribution in [0.4, 0.5) is 17.1 Å². The number of benzene rings is 2. The van der Waals surface area contributed by atoms with Gasteiger partial charge in [0.25, 0.3) is 5.91 Å². The predicted octanol–water partition coefficient (Wildman–Crippen LogP) is 10.4. The third-order valence-corrected chi connectivity index (χ3v) is 7.46. The summed E-state index contributed by atoms with van der Waals surface area (Å²) < 4.78 is 5.58. The number of nitrogens with one attached hydrogen (secondary N) is 1. The molecule has 1 aliphatic rings. The monoisotopic (exact) mass is 612 g/mol. The number of hydrogen-bond donors (Lipinski definition) is 1. The molecule has 6 nitrogen and oxygen atoms in total. The lowest BCUT2D eigenvalue weighted by Crippen LogP contribution is -2.20. The van der Waals surface area contributed by atoms with Crippen molar-refractivity contribution in [2.75, 3.05) is 16.9 Å². The topological polar surface area (TPSA) is 66.3 Å². The van der Waals surface area contributed by atoms with Gasteiger partial charge < -0.3 is 10.1 Å². The number of amidine groups is 1. The van der Waals surface area contributed by atoms with Gasteiger partial charge in [0, 0.05) is 5.02 Å². The molecular formula is C29H36Cl4N4O2. The van der Waals surface area contributed by atoms with Gasteiger partial charge in [0.2, 0.25) is 0 Å². The van der Waals surface area contributed by atoms with Crippen molar-refractivity contribution in [2.24, 2.45) is 10.1 Å². The van der Waals surface area contributed by atoms with Gasteiger partial charge >= 0.3 is 0 Å². The summed E-state index contributed by atoms with van der Waals surface area (Å²) in [5.74, 6) is 0.114. The molecule has 0 unspecified atom stereocenters. The lowest BCUT2D eigenvalue weighted by molar-refractivity contribution is -0.116. The second-order valence-electron chi connectivity index (χ2n) is 9.58. The Morgan fingerprint density at radius 3 is 2.15 bits per heavy atom. The van der Waals surface area contributed by atoms with E-state index in [0.29, 0.717) is 33.9 Å². The highest BCUT2D eigenvalue weighted by atomic mass is 35.5. The average molecular weight is 614 g/mol. The third-order valence-electron chi connectivity index (χ3n) is 6.34. The van der Waals surface area contributed by atoms with Gasteiger partial charge in [-0.15, -0.1) is 0 Å². The van der Waals surface area contributed by atoms with Gasteiger partial charge in [-0.05, 0) is 36.8 Å². The molecule has 0 bridgehead atoms. The third kappa shape index (κ3) is 10.5. The van der Waals surface area contributed by atoms with E-state index in [1.54, 1.807) is 18.2 Å². The molecule has 0 aromatic heterocycles. The minimum absolute atomic E-state index is 0.0289. The first-order valence-electron chi connectivity index (χ1n) is 13.6. The van der Waals surface area contributed by atoms with Crippen LogP contribution in [0.3, 0.4) is 0 Å². The van der Waals surface area contributed by atoms with Gasteiger partial charge in [0.1, 0.15) is 11.5 Å². The molecule has 0 radical (unpaired) electrons. The zero-order valence-electron chi connectivity index (χ0n) is 22.3. The van der Waals surface area contributed by atoms with E-state index in [1.807, 2.05) is 0 Å². The Bertz CT molecular complexity index is 1130. The van der Waals surface area contributed by atoms with Gasteiger partial charge in [0.15, 0.2) is 6.40 Å². The number of halogens is 4. The van der Waals surface area contributed by atoms with Crippen LogP contribution >= 0.6 is 46.4 Å². The van der Waals surface area contributed by atoms with Gasteiger partial charge in [-0.25, -0.2) is 4.99 Å². The maximum Gasteiger partial charge on any atom is 0.255 e. The quantitative estimate of drug-likeness (QED) is 0.116. The second-order valence-corrected chi connectivity index (χ2v) is 11.2. The summed E-state index contributed by atoms with van der Waals surface area (Å²) in [4.78, 5) is 17.0. The summed E-state index contributed by atoms with van der Waals surface area (Å²) in [7, 11) is 0. The van der Waals surface area contributed by atoms with Crippen molar-refractivity contribution in [3.05, 3.63) is 50.4 Å². The maximum absolute atomic E-state index is 12.6. The standard InChI is InChI=1S/C29H36Cl4N4O2/c1-2-3-4-5-6-7-8-9-10-11-12-15-39-20-34-22-13-14-23(31)26(18-22)35-27-19-28(38)37(36-27)29-24(32)16-21(30)17-25(29)33/h13-14,16-18,20H,2-12,15,19H2,1H3,(H,35,36)/b34-20+. The molecule has 2 aromatic carbocycles. The fourth-order valence-electron chi connectivity index (χ4n) is 4.26. The molecule has 0 saturated heterocycles. The minimum Gasteiger partial charge on any atom is -0.483 e. The van der Waals surface area contributed by atoms with E-state index in [4.69, 9.17) is 51.1 Å². The maximum atomic E-state index is 12.6. The number of carbonyl (C=O) groups excluding carboxylic acids is 1. The molecule has 0 aliphatic carbocycles. The molecule has 10 heteroatoms. The predicted molar refractivity (Wildman–Crippen MR) is 167 cm³/mol. The van der Waals surface area contributed by atoms with E-state index in [1.165, 1.54) is 87.8 Å². The first kappa shape index (κ1) is 31.5. The van der Waals surface area contributed by atoms with Crippen LogP contribution in [0.5, 0.6) is 0 Å². The molecule has 2 aromatic rings. The van der Waals surface area contributed by atoms with Crippen LogP contribution in [0, 0.1) is 0 Å². The Kier molecular flexibility index (Phi) is 13.7. The Hall–Kier alpha value is -1.99. The SMILES string of the molecule is CCCCCCCCCCCCCO/C=N/c1ccc(Cl)c(NC2=NN(c3c(Cl)cc(Cl)cc3Cl)C(=O)C2)c1. The number of hydrogen-bond acceptors (Lipinski definition) is 5. The van der Waals surface area contributed by atoms with E-state index >= 15 is 0 Å². The molecule has 1 heterocycles. The van der Waals surface area contributed by atoms with E-state index in [9.17, 15) is 4.79 Å². The number of nitrogens with zero attached hydrogens (tertiary/aromatic N) is 3. The highest BCUT2D eigenvalue weighted by molar-refractivity contribution is 6.42. The van der Waals surface area contributed by atoms with Crippen LogP contribution < -0.4 is 10.3 Å². The Morgan fingerprint density at radius 2 is 1.51 bits per heavy atom. The number of amides is 1. The number of carbonyl (C=O) groups is 1. The minimum atomic E-state index is -0.287. The van der Waals surface area contributed by atoms with Crippen molar-refractivity contribution in [3.8, 4) is 0 Å². The number of hydrazone groups is 1. The van der Waals surface area contributed by atoms with Crippen molar-refractivity contribution < 1.29 is 9.53 Å². The van der Waals surface area contributed by atoms with Crippen molar-refractivity contribution in [2.45, 2.75) is 84.0 Å². The number of rotatable bonds is 16. The summed E-state index contributed by atoms with van der Waals surface area (Å²) in [5, 5.41) is 9.93. The highest BCUT2D eigenvalue weighted by Gasteiger charge is 2.29. The van der Waals surface area contributed by atoms with E-state index in [2.05, 4.69) is 22.3 Å². The molecule has 39 heavy (non-hydrogen) atoms. The Morgan fingerprint density at radius 1 is 0.897 bits per heavy atom. The average Bonchev–Trinajstić information content (AvgIpc) is 3.24. The molecule has 212 valence electrons. The lowest BCUT2D eigenvalue weighted by Gasteiger charge is -2.15. The molecule has 1 aliphatic heterocycles. The van der Waals surface area contributed by atoms with Crippen LogP contribution in [0.25, 0.3) is 0 Å². The van der Waals surface area contributed by atoms with Crippen LogP contribution in [0.2, 0.25) is 20.1 Å². The lowest BCUT2D eigenvalue weighted by atomic mass is 10.1. The van der Waals surface area contributed by atoms with Gasteiger partial charge in [0.05, 0.1) is 39.5 Å². The van der Waals surface area contributed by atoms with Gasteiger partial charge in [-0.3, -0.25) is 4.79 Å². The molecule has 0 spiro atoms. The number of unbranched alkanes of at least 4 members (excludes halogenated alkanes) is 10. The largest absolute Gasteiger partial charge is 0.483 e. The molecule has 0 atom stereocenters. The molecule has 1 N–H and O–H groups in total. The molecule has 0 saturated carbocycles. The second kappa shape index (κ2) is 17.0. The van der Waals surface area contributed by atoms with E-state index in [-0.39, 0.29) is 28.1 Å². The molecule has 1 amide bonds. The van der Waals surface area contributed by atoms with Crippen LogP contribution in [-0.2, 0) is 9.53 Å². The summed E-state index contributed by atoms with van der Waals surface area (Å²) in [6, 6.07) is 8.30. The fraction of sp³-hybridized carbons (Fsp3) is 0.483. The zero-order valence-corrected chi connectivity index (χ0v) is 25.4.